The van der Waals surface area contributed by atoms with E-state index in [0.29, 0.717) is 31.1 Å². The summed E-state index contributed by atoms with van der Waals surface area (Å²) in [5, 5.41) is 5.85. The Morgan fingerprint density at radius 1 is 0.848 bits per heavy atom. The number of benzene rings is 3. The summed E-state index contributed by atoms with van der Waals surface area (Å²) < 4.78 is 17.0. The van der Waals surface area contributed by atoms with Crippen molar-refractivity contribution in [3.05, 3.63) is 96.6 Å². The molecule has 0 aliphatic carbocycles. The topological polar surface area (TPSA) is 68.8 Å². The molecule has 3 rings (SSSR count). The van der Waals surface area contributed by atoms with Gasteiger partial charge in [-0.05, 0) is 73.2 Å². The molecule has 3 aromatic rings. The standard InChI is InChI=1S/C26H26N2O4S/c1-19(2)18-32-22-14-12-20(13-15-22)27-26(33)28-25(29)23-10-6-7-11-24(23)31-17-16-30-21-8-4-3-5-9-21/h3-15H,1,16-18H2,2H3,(H2,27,28,29,33). The Kier molecular flexibility index (Phi) is 8.85. The maximum absolute atomic E-state index is 12.7. The largest absolute Gasteiger partial charge is 0.490 e. The van der Waals surface area contributed by atoms with E-state index in [-0.39, 0.29) is 11.0 Å². The third-order valence-corrected chi connectivity index (χ3v) is 4.51. The number of hydrogen-bond acceptors (Lipinski definition) is 5. The van der Waals surface area contributed by atoms with Crippen molar-refractivity contribution in [1.29, 1.82) is 0 Å². The van der Waals surface area contributed by atoms with Crippen LogP contribution >= 0.6 is 12.2 Å². The molecule has 3 aromatic carbocycles. The fraction of sp³-hybridized carbons (Fsp3) is 0.154. The molecule has 7 heteroatoms. The third-order valence-electron chi connectivity index (χ3n) is 4.31. The van der Waals surface area contributed by atoms with Crippen LogP contribution in [0.2, 0.25) is 0 Å². The van der Waals surface area contributed by atoms with Gasteiger partial charge in [-0.1, -0.05) is 36.9 Å². The monoisotopic (exact) mass is 462 g/mol. The minimum atomic E-state index is -0.367. The number of hydrogen-bond donors (Lipinski definition) is 2. The summed E-state index contributed by atoms with van der Waals surface area (Å²) in [6, 6.07) is 23.7. The lowest BCUT2D eigenvalue weighted by atomic mass is 10.2. The zero-order valence-corrected chi connectivity index (χ0v) is 19.2. The highest BCUT2D eigenvalue weighted by Crippen LogP contribution is 2.19. The number of amides is 1. The normalized spacial score (nSPS) is 10.1. The van der Waals surface area contributed by atoms with Crippen LogP contribution in [0, 0.1) is 0 Å². The quantitative estimate of drug-likeness (QED) is 0.244. The van der Waals surface area contributed by atoms with Gasteiger partial charge in [-0.2, -0.15) is 0 Å². The number of para-hydroxylation sites is 2. The summed E-state index contributed by atoms with van der Waals surface area (Å²) in [6.07, 6.45) is 0. The van der Waals surface area contributed by atoms with Crippen molar-refractivity contribution in [2.75, 3.05) is 25.1 Å². The zero-order valence-electron chi connectivity index (χ0n) is 18.4. The van der Waals surface area contributed by atoms with Crippen LogP contribution in [0.1, 0.15) is 17.3 Å². The van der Waals surface area contributed by atoms with Crippen LogP contribution in [-0.4, -0.2) is 30.8 Å². The number of carbonyl (C=O) groups is 1. The molecular weight excluding hydrogens is 436 g/mol. The maximum atomic E-state index is 12.7. The van der Waals surface area contributed by atoms with Gasteiger partial charge in [0.15, 0.2) is 5.11 Å². The summed E-state index contributed by atoms with van der Waals surface area (Å²) in [7, 11) is 0. The number of ether oxygens (including phenoxy) is 3. The van der Waals surface area contributed by atoms with Crippen molar-refractivity contribution in [3.8, 4) is 17.2 Å². The van der Waals surface area contributed by atoms with Crippen LogP contribution < -0.4 is 24.8 Å². The Labute approximate surface area is 199 Å². The number of anilines is 1. The molecule has 170 valence electrons. The Morgan fingerprint density at radius 3 is 2.21 bits per heavy atom. The van der Waals surface area contributed by atoms with Crippen LogP contribution in [0.3, 0.4) is 0 Å². The summed E-state index contributed by atoms with van der Waals surface area (Å²) >= 11 is 5.29. The van der Waals surface area contributed by atoms with E-state index >= 15 is 0 Å². The first-order valence-corrected chi connectivity index (χ1v) is 10.8. The maximum Gasteiger partial charge on any atom is 0.261 e. The molecule has 1 amide bonds. The zero-order chi connectivity index (χ0) is 23.5. The van der Waals surface area contributed by atoms with Crippen molar-refractivity contribution >= 4 is 28.9 Å². The molecule has 0 unspecified atom stereocenters. The van der Waals surface area contributed by atoms with Gasteiger partial charge in [0.05, 0.1) is 5.56 Å². The lowest BCUT2D eigenvalue weighted by Crippen LogP contribution is -2.34. The van der Waals surface area contributed by atoms with E-state index in [1.165, 1.54) is 0 Å². The fourth-order valence-corrected chi connectivity index (χ4v) is 2.99. The molecule has 0 saturated carbocycles. The van der Waals surface area contributed by atoms with E-state index < -0.39 is 0 Å². The van der Waals surface area contributed by atoms with Crippen molar-refractivity contribution in [2.24, 2.45) is 0 Å². The highest BCUT2D eigenvalue weighted by molar-refractivity contribution is 7.80. The van der Waals surface area contributed by atoms with Gasteiger partial charge in [-0.3, -0.25) is 10.1 Å². The number of nitrogens with one attached hydrogen (secondary N) is 2. The molecule has 0 aliphatic heterocycles. The molecule has 0 aliphatic rings. The van der Waals surface area contributed by atoms with Gasteiger partial charge >= 0.3 is 0 Å². The van der Waals surface area contributed by atoms with E-state index in [4.69, 9.17) is 26.4 Å². The molecule has 33 heavy (non-hydrogen) atoms. The Balaban J connectivity index is 1.50. The van der Waals surface area contributed by atoms with Gasteiger partial charge in [0.25, 0.3) is 5.91 Å². The van der Waals surface area contributed by atoms with Crippen molar-refractivity contribution < 1.29 is 19.0 Å². The molecule has 0 radical (unpaired) electrons. The number of thiocarbonyl (C=S) groups is 1. The first-order valence-electron chi connectivity index (χ1n) is 10.4. The lowest BCUT2D eigenvalue weighted by molar-refractivity contribution is 0.0972. The first-order chi connectivity index (χ1) is 16.0. The molecule has 2 N–H and O–H groups in total. The van der Waals surface area contributed by atoms with Crippen molar-refractivity contribution in [2.45, 2.75) is 6.92 Å². The molecule has 0 fully saturated rings. The molecule has 0 aromatic heterocycles. The highest BCUT2D eigenvalue weighted by atomic mass is 32.1. The first kappa shape index (κ1) is 23.8. The Morgan fingerprint density at radius 2 is 1.48 bits per heavy atom. The summed E-state index contributed by atoms with van der Waals surface area (Å²) in [5.41, 5.74) is 2.05. The molecule has 0 bridgehead atoms. The van der Waals surface area contributed by atoms with E-state index in [9.17, 15) is 4.79 Å². The smallest absolute Gasteiger partial charge is 0.261 e. The van der Waals surface area contributed by atoms with Crippen LogP contribution in [0.4, 0.5) is 5.69 Å². The highest BCUT2D eigenvalue weighted by Gasteiger charge is 2.14. The Bertz CT molecular complexity index is 1080. The fourth-order valence-electron chi connectivity index (χ4n) is 2.78. The minimum Gasteiger partial charge on any atom is -0.490 e. The van der Waals surface area contributed by atoms with Crippen LogP contribution in [0.25, 0.3) is 0 Å². The van der Waals surface area contributed by atoms with E-state index in [1.54, 1.807) is 24.3 Å². The number of carbonyl (C=O) groups excluding carboxylic acids is 1. The summed E-state index contributed by atoms with van der Waals surface area (Å²) in [4.78, 5) is 12.7. The second kappa shape index (κ2) is 12.3. The summed E-state index contributed by atoms with van der Waals surface area (Å²) in [5.74, 6) is 1.57. The average molecular weight is 463 g/mol. The van der Waals surface area contributed by atoms with Crippen LogP contribution in [-0.2, 0) is 0 Å². The second-order valence-corrected chi connectivity index (χ2v) is 7.59. The molecule has 0 heterocycles. The van der Waals surface area contributed by atoms with E-state index in [1.807, 2.05) is 61.5 Å². The van der Waals surface area contributed by atoms with E-state index in [0.717, 1.165) is 22.8 Å². The molecule has 0 spiro atoms. The van der Waals surface area contributed by atoms with Crippen molar-refractivity contribution in [3.63, 3.8) is 0 Å². The molecule has 0 atom stereocenters. The van der Waals surface area contributed by atoms with Crippen molar-refractivity contribution in [1.82, 2.24) is 5.32 Å². The lowest BCUT2D eigenvalue weighted by Gasteiger charge is -2.14. The predicted molar refractivity (Wildman–Crippen MR) is 134 cm³/mol. The molecular formula is C26H26N2O4S. The number of rotatable bonds is 10. The average Bonchev–Trinajstić information content (AvgIpc) is 2.82. The molecule has 6 nitrogen and oxygen atoms in total. The molecule has 0 saturated heterocycles. The minimum absolute atomic E-state index is 0.179. The van der Waals surface area contributed by atoms with Gasteiger partial charge in [-0.15, -0.1) is 0 Å². The van der Waals surface area contributed by atoms with Gasteiger partial charge in [0.1, 0.15) is 37.1 Å². The van der Waals surface area contributed by atoms with Gasteiger partial charge < -0.3 is 19.5 Å². The van der Waals surface area contributed by atoms with Gasteiger partial charge in [0.2, 0.25) is 0 Å². The SMILES string of the molecule is C=C(C)COc1ccc(NC(=S)NC(=O)c2ccccc2OCCOc2ccccc2)cc1. The van der Waals surface area contributed by atoms with Crippen LogP contribution in [0.5, 0.6) is 17.2 Å². The summed E-state index contributed by atoms with van der Waals surface area (Å²) in [6.45, 7) is 6.82. The van der Waals surface area contributed by atoms with E-state index in [2.05, 4.69) is 17.2 Å². The second-order valence-electron chi connectivity index (χ2n) is 7.18. The predicted octanol–water partition coefficient (Wildman–Crippen LogP) is 5.23. The van der Waals surface area contributed by atoms with Gasteiger partial charge in [0, 0.05) is 5.69 Å². The third kappa shape index (κ3) is 7.97. The van der Waals surface area contributed by atoms with Gasteiger partial charge in [-0.25, -0.2) is 0 Å². The Hall–Kier alpha value is -3.84. The van der Waals surface area contributed by atoms with Crippen LogP contribution in [0.15, 0.2) is 91.0 Å².